The van der Waals surface area contributed by atoms with Crippen molar-refractivity contribution < 1.29 is 18.8 Å². The Morgan fingerprint density at radius 1 is 1.27 bits per heavy atom. The first kappa shape index (κ1) is 17.6. The summed E-state index contributed by atoms with van der Waals surface area (Å²) in [7, 11) is 0. The van der Waals surface area contributed by atoms with Gasteiger partial charge in [0.05, 0.1) is 4.21 Å². The van der Waals surface area contributed by atoms with Gasteiger partial charge in [-0.1, -0.05) is 24.3 Å². The average molecular weight is 389 g/mol. The summed E-state index contributed by atoms with van der Waals surface area (Å²) in [6.07, 6.45) is 2.46. The molecule has 136 valence electrons. The van der Waals surface area contributed by atoms with E-state index in [1.807, 2.05) is 35.7 Å². The molecule has 2 aromatic heterocycles. The van der Waals surface area contributed by atoms with Crippen LogP contribution in [0.15, 0.2) is 50.4 Å². The molecule has 1 unspecified atom stereocenters. The Kier molecular flexibility index (Phi) is 5.59. The SMILES string of the molecule is O=C(NOC1CCCCO1)c1oc2ccccc2c1CSc1cccs1. The Morgan fingerprint density at radius 3 is 3.00 bits per heavy atom. The highest BCUT2D eigenvalue weighted by Gasteiger charge is 2.23. The summed E-state index contributed by atoms with van der Waals surface area (Å²) >= 11 is 3.37. The van der Waals surface area contributed by atoms with Gasteiger partial charge >= 0.3 is 5.91 Å². The zero-order valence-corrected chi connectivity index (χ0v) is 15.7. The first-order valence-corrected chi connectivity index (χ1v) is 10.4. The number of para-hydroxylation sites is 1. The molecule has 7 heteroatoms. The first-order chi connectivity index (χ1) is 12.8. The zero-order valence-electron chi connectivity index (χ0n) is 14.1. The molecule has 1 aromatic carbocycles. The minimum atomic E-state index is -0.388. The van der Waals surface area contributed by atoms with E-state index < -0.39 is 0 Å². The lowest BCUT2D eigenvalue weighted by molar-refractivity contribution is -0.187. The van der Waals surface area contributed by atoms with Crippen molar-refractivity contribution in [3.8, 4) is 0 Å². The number of hydrogen-bond donors (Lipinski definition) is 1. The van der Waals surface area contributed by atoms with Crippen LogP contribution in [0.2, 0.25) is 0 Å². The topological polar surface area (TPSA) is 60.7 Å². The molecule has 4 rings (SSSR count). The summed E-state index contributed by atoms with van der Waals surface area (Å²) in [5.74, 6) is 0.573. The third-order valence-corrected chi connectivity index (χ3v) is 6.34. The van der Waals surface area contributed by atoms with Crippen molar-refractivity contribution in [2.75, 3.05) is 6.61 Å². The second-order valence-electron chi connectivity index (χ2n) is 5.97. The van der Waals surface area contributed by atoms with E-state index in [0.717, 1.165) is 30.2 Å². The number of rotatable bonds is 6. The minimum Gasteiger partial charge on any atom is -0.450 e. The molecular formula is C19H19NO4S2. The maximum Gasteiger partial charge on any atom is 0.310 e. The number of thiophene rings is 1. The number of benzene rings is 1. The molecule has 26 heavy (non-hydrogen) atoms. The monoisotopic (exact) mass is 389 g/mol. The van der Waals surface area contributed by atoms with Crippen LogP contribution in [0, 0.1) is 0 Å². The van der Waals surface area contributed by atoms with Crippen LogP contribution in [0.5, 0.6) is 0 Å². The lowest BCUT2D eigenvalue weighted by atomic mass is 10.1. The summed E-state index contributed by atoms with van der Waals surface area (Å²) in [5, 5.41) is 3.00. The smallest absolute Gasteiger partial charge is 0.310 e. The van der Waals surface area contributed by atoms with Gasteiger partial charge in [-0.15, -0.1) is 23.1 Å². The highest BCUT2D eigenvalue weighted by Crippen LogP contribution is 2.33. The number of fused-ring (bicyclic) bond motifs is 1. The molecule has 0 saturated carbocycles. The van der Waals surface area contributed by atoms with Gasteiger partial charge in [-0.05, 0) is 30.4 Å². The fourth-order valence-electron chi connectivity index (χ4n) is 2.88. The van der Waals surface area contributed by atoms with Crippen LogP contribution in [-0.2, 0) is 15.3 Å². The summed E-state index contributed by atoms with van der Waals surface area (Å²) in [5.41, 5.74) is 4.08. The number of ether oxygens (including phenoxy) is 1. The predicted molar refractivity (Wildman–Crippen MR) is 102 cm³/mol. The molecule has 0 spiro atoms. The molecule has 1 N–H and O–H groups in total. The van der Waals surface area contributed by atoms with Crippen molar-refractivity contribution in [1.82, 2.24) is 5.48 Å². The Morgan fingerprint density at radius 2 is 2.19 bits per heavy atom. The van der Waals surface area contributed by atoms with Crippen LogP contribution in [0.4, 0.5) is 0 Å². The van der Waals surface area contributed by atoms with Gasteiger partial charge < -0.3 is 9.15 Å². The summed E-state index contributed by atoms with van der Waals surface area (Å²) in [6.45, 7) is 0.661. The molecule has 5 nitrogen and oxygen atoms in total. The Labute approximate surface area is 159 Å². The molecule has 0 aliphatic carbocycles. The molecule has 1 atom stereocenters. The fraction of sp³-hybridized carbons (Fsp3) is 0.316. The maximum atomic E-state index is 12.6. The van der Waals surface area contributed by atoms with Gasteiger partial charge in [0.25, 0.3) is 0 Å². The van der Waals surface area contributed by atoms with E-state index in [4.69, 9.17) is 14.0 Å². The Balaban J connectivity index is 1.52. The zero-order chi connectivity index (χ0) is 17.8. The molecule has 1 fully saturated rings. The van der Waals surface area contributed by atoms with Crippen molar-refractivity contribution in [3.63, 3.8) is 0 Å². The summed E-state index contributed by atoms with van der Waals surface area (Å²) < 4.78 is 12.5. The van der Waals surface area contributed by atoms with Crippen LogP contribution in [0.1, 0.15) is 35.4 Å². The van der Waals surface area contributed by atoms with Crippen molar-refractivity contribution in [1.29, 1.82) is 0 Å². The van der Waals surface area contributed by atoms with Crippen molar-refractivity contribution in [3.05, 3.63) is 53.1 Å². The molecule has 1 aliphatic heterocycles. The number of furan rings is 1. The molecule has 0 bridgehead atoms. The van der Waals surface area contributed by atoms with Gasteiger partial charge in [0, 0.05) is 29.7 Å². The van der Waals surface area contributed by atoms with Gasteiger partial charge in [0.2, 0.25) is 0 Å². The van der Waals surface area contributed by atoms with E-state index in [1.54, 1.807) is 23.1 Å². The van der Waals surface area contributed by atoms with E-state index in [9.17, 15) is 4.79 Å². The van der Waals surface area contributed by atoms with Gasteiger partial charge in [0.15, 0.2) is 12.1 Å². The number of carbonyl (C=O) groups excluding carboxylic acids is 1. The van der Waals surface area contributed by atoms with Crippen LogP contribution in [-0.4, -0.2) is 18.8 Å². The van der Waals surface area contributed by atoms with Gasteiger partial charge in [-0.25, -0.2) is 10.3 Å². The Hall–Kier alpha value is -1.80. The second kappa shape index (κ2) is 8.26. The molecule has 3 aromatic rings. The van der Waals surface area contributed by atoms with E-state index in [-0.39, 0.29) is 12.2 Å². The average Bonchev–Trinajstić information content (AvgIpc) is 3.33. The number of hydroxylamine groups is 1. The lowest BCUT2D eigenvalue weighted by Gasteiger charge is -2.21. The van der Waals surface area contributed by atoms with Crippen molar-refractivity contribution >= 4 is 40.0 Å². The van der Waals surface area contributed by atoms with Crippen LogP contribution < -0.4 is 5.48 Å². The van der Waals surface area contributed by atoms with E-state index in [1.165, 1.54) is 4.21 Å². The largest absolute Gasteiger partial charge is 0.450 e. The van der Waals surface area contributed by atoms with E-state index >= 15 is 0 Å². The van der Waals surface area contributed by atoms with Gasteiger partial charge in [-0.3, -0.25) is 4.79 Å². The lowest BCUT2D eigenvalue weighted by Crippen LogP contribution is -2.33. The number of carbonyl (C=O) groups is 1. The van der Waals surface area contributed by atoms with Crippen LogP contribution >= 0.6 is 23.1 Å². The summed E-state index contributed by atoms with van der Waals surface area (Å²) in [6, 6.07) is 11.8. The van der Waals surface area contributed by atoms with E-state index in [2.05, 4.69) is 11.5 Å². The third-order valence-electron chi connectivity index (χ3n) is 4.18. The molecule has 1 aliphatic rings. The van der Waals surface area contributed by atoms with Crippen molar-refractivity contribution in [2.24, 2.45) is 0 Å². The number of thioether (sulfide) groups is 1. The number of amides is 1. The fourth-order valence-corrected chi connectivity index (χ4v) is 4.70. The summed E-state index contributed by atoms with van der Waals surface area (Å²) in [4.78, 5) is 18.1. The van der Waals surface area contributed by atoms with Crippen molar-refractivity contribution in [2.45, 2.75) is 35.5 Å². The molecule has 1 amide bonds. The van der Waals surface area contributed by atoms with Gasteiger partial charge in [0.1, 0.15) is 5.58 Å². The van der Waals surface area contributed by atoms with E-state index in [0.29, 0.717) is 23.7 Å². The van der Waals surface area contributed by atoms with Gasteiger partial charge in [-0.2, -0.15) is 0 Å². The molecule has 1 saturated heterocycles. The van der Waals surface area contributed by atoms with Crippen LogP contribution in [0.25, 0.3) is 11.0 Å². The maximum absolute atomic E-state index is 12.6. The quantitative estimate of drug-likeness (QED) is 0.476. The number of hydrogen-bond acceptors (Lipinski definition) is 6. The van der Waals surface area contributed by atoms with Crippen LogP contribution in [0.3, 0.4) is 0 Å². The molecule has 3 heterocycles. The molecule has 0 radical (unpaired) electrons. The standard InChI is InChI=1S/C19H19NO4S2/c21-19(20-24-16-8-3-4-10-22-16)18-14(12-26-17-9-5-11-25-17)13-6-1-2-7-15(13)23-18/h1-2,5-7,9,11,16H,3-4,8,10,12H2,(H,20,21). The predicted octanol–water partition coefficient (Wildman–Crippen LogP) is 4.97. The molecular weight excluding hydrogens is 370 g/mol. The minimum absolute atomic E-state index is 0.297. The second-order valence-corrected chi connectivity index (χ2v) is 8.20. The normalized spacial score (nSPS) is 17.5. The Bertz CT molecular complexity index is 869. The number of nitrogens with one attached hydrogen (secondary N) is 1. The third kappa shape index (κ3) is 3.96. The highest BCUT2D eigenvalue weighted by atomic mass is 32.2. The first-order valence-electron chi connectivity index (χ1n) is 8.55. The highest BCUT2D eigenvalue weighted by molar-refractivity contribution is 8.00.